The Morgan fingerprint density at radius 2 is 2.22 bits per heavy atom. The fourth-order valence-corrected chi connectivity index (χ4v) is 1.65. The number of hydrogen-bond acceptors (Lipinski definition) is 5. The molecule has 96 valence electrons. The molecule has 0 fully saturated rings. The number of aromatic nitrogens is 5. The van der Waals surface area contributed by atoms with Gasteiger partial charge in [-0.2, -0.15) is 5.10 Å². The van der Waals surface area contributed by atoms with Gasteiger partial charge in [-0.15, -0.1) is 10.2 Å². The van der Waals surface area contributed by atoms with Gasteiger partial charge in [-0.25, -0.2) is 0 Å². The molecule has 18 heavy (non-hydrogen) atoms. The molecule has 0 aromatic carbocycles. The largest absolute Gasteiger partial charge is 0.383 e. The van der Waals surface area contributed by atoms with Crippen molar-refractivity contribution in [3.63, 3.8) is 0 Å². The van der Waals surface area contributed by atoms with Crippen molar-refractivity contribution in [1.29, 1.82) is 0 Å². The molecule has 0 spiro atoms. The summed E-state index contributed by atoms with van der Waals surface area (Å²) in [7, 11) is 3.49. The van der Waals surface area contributed by atoms with Crippen LogP contribution in [0.15, 0.2) is 12.5 Å². The third kappa shape index (κ3) is 2.04. The number of carbonyl (C=O) groups is 1. The Bertz CT molecular complexity index is 571. The van der Waals surface area contributed by atoms with Crippen LogP contribution in [0.4, 0.5) is 5.82 Å². The van der Waals surface area contributed by atoms with Crippen LogP contribution in [-0.4, -0.2) is 30.5 Å². The highest BCUT2D eigenvalue weighted by atomic mass is 16.1. The van der Waals surface area contributed by atoms with Crippen molar-refractivity contribution in [2.45, 2.75) is 13.0 Å². The van der Waals surface area contributed by atoms with E-state index in [1.807, 2.05) is 14.0 Å². The number of amides is 1. The lowest BCUT2D eigenvalue weighted by molar-refractivity contribution is 0.0938. The molecule has 8 nitrogen and oxygen atoms in total. The van der Waals surface area contributed by atoms with Crippen molar-refractivity contribution >= 4 is 11.7 Å². The van der Waals surface area contributed by atoms with Crippen LogP contribution < -0.4 is 11.1 Å². The topological polar surface area (TPSA) is 104 Å². The highest BCUT2D eigenvalue weighted by Crippen LogP contribution is 2.12. The molecule has 1 unspecified atom stereocenters. The summed E-state index contributed by atoms with van der Waals surface area (Å²) in [5.41, 5.74) is 6.09. The highest BCUT2D eigenvalue weighted by molar-refractivity contribution is 5.98. The standard InChI is InChI=1S/C10H15N7O/c1-6(9-15-12-5-16(9)2)14-10(18)7-4-13-17(3)8(7)11/h4-6H,11H2,1-3H3,(H,14,18). The smallest absolute Gasteiger partial charge is 0.257 e. The first-order valence-corrected chi connectivity index (χ1v) is 5.43. The average molecular weight is 249 g/mol. The van der Waals surface area contributed by atoms with Gasteiger partial charge in [0.05, 0.1) is 12.2 Å². The van der Waals surface area contributed by atoms with E-state index in [1.54, 1.807) is 17.9 Å². The summed E-state index contributed by atoms with van der Waals surface area (Å²) in [4.78, 5) is 12.0. The number of aryl methyl sites for hydroxylation is 2. The summed E-state index contributed by atoms with van der Waals surface area (Å²) >= 11 is 0. The van der Waals surface area contributed by atoms with Gasteiger partial charge in [-0.1, -0.05) is 0 Å². The maximum atomic E-state index is 12.0. The lowest BCUT2D eigenvalue weighted by atomic mass is 10.2. The van der Waals surface area contributed by atoms with Gasteiger partial charge in [-0.05, 0) is 6.92 Å². The monoisotopic (exact) mass is 249 g/mol. The van der Waals surface area contributed by atoms with Crippen molar-refractivity contribution in [2.75, 3.05) is 5.73 Å². The number of nitrogens with two attached hydrogens (primary N) is 1. The molecule has 0 aliphatic rings. The normalized spacial score (nSPS) is 12.4. The number of rotatable bonds is 3. The van der Waals surface area contributed by atoms with Crippen LogP contribution in [0, 0.1) is 0 Å². The quantitative estimate of drug-likeness (QED) is 0.771. The number of carbonyl (C=O) groups excluding carboxylic acids is 1. The molecule has 0 aliphatic carbocycles. The molecule has 2 aromatic heterocycles. The van der Waals surface area contributed by atoms with Crippen LogP contribution in [0.1, 0.15) is 29.1 Å². The van der Waals surface area contributed by atoms with E-state index >= 15 is 0 Å². The molecule has 0 saturated heterocycles. The first-order chi connectivity index (χ1) is 8.50. The fourth-order valence-electron chi connectivity index (χ4n) is 1.65. The molecule has 1 atom stereocenters. The zero-order chi connectivity index (χ0) is 13.3. The summed E-state index contributed by atoms with van der Waals surface area (Å²) in [5.74, 6) is 0.722. The first-order valence-electron chi connectivity index (χ1n) is 5.43. The second-order valence-corrected chi connectivity index (χ2v) is 4.06. The average Bonchev–Trinajstić information content (AvgIpc) is 2.87. The maximum absolute atomic E-state index is 12.0. The van der Waals surface area contributed by atoms with Crippen molar-refractivity contribution in [2.24, 2.45) is 14.1 Å². The van der Waals surface area contributed by atoms with E-state index in [0.717, 1.165) is 0 Å². The third-order valence-electron chi connectivity index (χ3n) is 2.71. The van der Waals surface area contributed by atoms with Crippen molar-refractivity contribution < 1.29 is 4.79 Å². The Morgan fingerprint density at radius 1 is 1.50 bits per heavy atom. The number of anilines is 1. The van der Waals surface area contributed by atoms with E-state index in [1.165, 1.54) is 10.9 Å². The summed E-state index contributed by atoms with van der Waals surface area (Å²) in [5, 5.41) is 14.4. The van der Waals surface area contributed by atoms with Gasteiger partial charge >= 0.3 is 0 Å². The molecule has 2 heterocycles. The van der Waals surface area contributed by atoms with E-state index in [4.69, 9.17) is 5.73 Å². The SMILES string of the molecule is CC(NC(=O)c1cnn(C)c1N)c1nncn1C. The maximum Gasteiger partial charge on any atom is 0.257 e. The Kier molecular flexibility index (Phi) is 3.00. The molecule has 1 amide bonds. The predicted molar refractivity (Wildman–Crippen MR) is 64.5 cm³/mol. The molecule has 8 heteroatoms. The van der Waals surface area contributed by atoms with Crippen molar-refractivity contribution in [3.05, 3.63) is 23.9 Å². The second kappa shape index (κ2) is 4.47. The summed E-state index contributed by atoms with van der Waals surface area (Å²) < 4.78 is 3.19. The number of nitrogens with zero attached hydrogens (tertiary/aromatic N) is 5. The van der Waals surface area contributed by atoms with Crippen LogP contribution in [0.25, 0.3) is 0 Å². The summed E-state index contributed by atoms with van der Waals surface area (Å²) in [6.45, 7) is 1.83. The van der Waals surface area contributed by atoms with Gasteiger partial charge in [0.1, 0.15) is 17.7 Å². The molecule has 3 N–H and O–H groups in total. The molecule has 0 bridgehead atoms. The fraction of sp³-hybridized carbons (Fsp3) is 0.400. The lowest BCUT2D eigenvalue weighted by Gasteiger charge is -2.12. The molecular formula is C10H15N7O. The minimum absolute atomic E-state index is 0.260. The molecule has 0 radical (unpaired) electrons. The molecule has 2 aromatic rings. The van der Waals surface area contributed by atoms with Gasteiger partial charge in [0.25, 0.3) is 5.91 Å². The van der Waals surface area contributed by atoms with Crippen LogP contribution >= 0.6 is 0 Å². The molecule has 0 saturated carbocycles. The summed E-state index contributed by atoms with van der Waals surface area (Å²) in [6, 6.07) is -0.260. The minimum atomic E-state index is -0.281. The van der Waals surface area contributed by atoms with Crippen LogP contribution in [0.5, 0.6) is 0 Å². The van der Waals surface area contributed by atoms with E-state index in [9.17, 15) is 4.79 Å². The van der Waals surface area contributed by atoms with Crippen molar-refractivity contribution in [3.8, 4) is 0 Å². The zero-order valence-electron chi connectivity index (χ0n) is 10.5. The lowest BCUT2D eigenvalue weighted by Crippen LogP contribution is -2.28. The van der Waals surface area contributed by atoms with E-state index < -0.39 is 0 Å². The predicted octanol–water partition coefficient (Wildman–Crippen LogP) is -0.378. The molecular weight excluding hydrogens is 234 g/mol. The van der Waals surface area contributed by atoms with Gasteiger partial charge in [0.15, 0.2) is 5.82 Å². The Labute approximate surface area is 104 Å². The van der Waals surface area contributed by atoms with Crippen molar-refractivity contribution in [1.82, 2.24) is 29.9 Å². The summed E-state index contributed by atoms with van der Waals surface area (Å²) in [6.07, 6.45) is 3.02. The van der Waals surface area contributed by atoms with Gasteiger partial charge in [0, 0.05) is 14.1 Å². The van der Waals surface area contributed by atoms with Crippen LogP contribution in [-0.2, 0) is 14.1 Å². The van der Waals surface area contributed by atoms with E-state index in [-0.39, 0.29) is 11.9 Å². The number of nitrogen functional groups attached to an aromatic ring is 1. The van der Waals surface area contributed by atoms with Gasteiger partial charge in [-0.3, -0.25) is 9.48 Å². The van der Waals surface area contributed by atoms with Gasteiger partial charge in [0.2, 0.25) is 0 Å². The van der Waals surface area contributed by atoms with Crippen LogP contribution in [0.3, 0.4) is 0 Å². The Balaban J connectivity index is 2.13. The molecule has 2 rings (SSSR count). The number of hydrogen-bond donors (Lipinski definition) is 2. The van der Waals surface area contributed by atoms with Gasteiger partial charge < -0.3 is 15.6 Å². The minimum Gasteiger partial charge on any atom is -0.383 e. The molecule has 0 aliphatic heterocycles. The van der Waals surface area contributed by atoms with E-state index in [2.05, 4.69) is 20.6 Å². The second-order valence-electron chi connectivity index (χ2n) is 4.06. The first kappa shape index (κ1) is 12.1. The third-order valence-corrected chi connectivity index (χ3v) is 2.71. The zero-order valence-corrected chi connectivity index (χ0v) is 10.5. The van der Waals surface area contributed by atoms with Crippen LogP contribution in [0.2, 0.25) is 0 Å². The number of nitrogens with one attached hydrogen (secondary N) is 1. The highest BCUT2D eigenvalue weighted by Gasteiger charge is 2.18. The Morgan fingerprint density at radius 3 is 2.72 bits per heavy atom. The van der Waals surface area contributed by atoms with E-state index in [0.29, 0.717) is 17.2 Å². The Hall–Kier alpha value is -2.38.